The van der Waals surface area contributed by atoms with Crippen LogP contribution in [0.3, 0.4) is 0 Å². The lowest BCUT2D eigenvalue weighted by molar-refractivity contribution is 1.26. The molecule has 0 fully saturated rings. The zero-order valence-electron chi connectivity index (χ0n) is 20.2. The van der Waals surface area contributed by atoms with Gasteiger partial charge >= 0.3 is 0 Å². The summed E-state index contributed by atoms with van der Waals surface area (Å²) in [6.45, 7) is 0. The monoisotopic (exact) mass is 485 g/mol. The van der Waals surface area contributed by atoms with E-state index in [4.69, 9.17) is 19.9 Å². The molecule has 5 aromatic heterocycles. The Kier molecular flexibility index (Phi) is 3.78. The summed E-state index contributed by atoms with van der Waals surface area (Å²) in [6, 6.07) is 29.5. The summed E-state index contributed by atoms with van der Waals surface area (Å²) in [7, 11) is 0. The standard InChI is InChI=1S/C33H19N5/c1-3-20-9-13-28-26-15-16-27(34-26)29-14-10-21-4-2-19-8-12-25(36-31(19)33(21)38-29)23-6-5-22(17-23)24-11-7-18(1)30(35-24)32(20)37-28/h1-16,34H,17H2. The molecule has 0 atom stereocenters. The first-order valence-electron chi connectivity index (χ1n) is 12.8. The Morgan fingerprint density at radius 2 is 0.737 bits per heavy atom. The first kappa shape index (κ1) is 20.0. The predicted octanol–water partition coefficient (Wildman–Crippen LogP) is 7.73. The van der Waals surface area contributed by atoms with Gasteiger partial charge in [0, 0.05) is 28.0 Å². The third kappa shape index (κ3) is 2.81. The van der Waals surface area contributed by atoms with Gasteiger partial charge in [0.15, 0.2) is 0 Å². The lowest BCUT2D eigenvalue weighted by Crippen LogP contribution is -1.95. The van der Waals surface area contributed by atoms with Crippen LogP contribution >= 0.6 is 0 Å². The minimum absolute atomic E-state index is 0.785. The van der Waals surface area contributed by atoms with E-state index >= 15 is 0 Å². The smallest absolute Gasteiger partial charge is 0.0973 e. The number of fused-ring (bicyclic) bond motifs is 12. The summed E-state index contributed by atoms with van der Waals surface area (Å²) >= 11 is 0. The molecule has 9 rings (SSSR count). The van der Waals surface area contributed by atoms with Crippen LogP contribution in [0.25, 0.3) is 77.5 Å². The van der Waals surface area contributed by atoms with E-state index < -0.39 is 0 Å². The van der Waals surface area contributed by atoms with Crippen LogP contribution in [0.1, 0.15) is 17.8 Å². The van der Waals surface area contributed by atoms with E-state index in [0.717, 1.165) is 84.2 Å². The number of benzene rings is 2. The zero-order valence-corrected chi connectivity index (χ0v) is 20.2. The molecule has 0 saturated heterocycles. The van der Waals surface area contributed by atoms with E-state index in [2.05, 4.69) is 102 Å². The minimum atomic E-state index is 0.785. The topological polar surface area (TPSA) is 67.3 Å². The molecule has 2 aliphatic rings. The van der Waals surface area contributed by atoms with Gasteiger partial charge in [-0.1, -0.05) is 60.7 Å². The van der Waals surface area contributed by atoms with Crippen LogP contribution < -0.4 is 0 Å². The Bertz CT molecular complexity index is 2060. The summed E-state index contributed by atoms with van der Waals surface area (Å²) in [6.07, 6.45) is 5.13. The highest BCUT2D eigenvalue weighted by molar-refractivity contribution is 6.05. The molecule has 5 heteroatoms. The Labute approximate surface area is 217 Å². The molecule has 0 amide bonds. The maximum atomic E-state index is 5.14. The van der Waals surface area contributed by atoms with E-state index in [9.17, 15) is 0 Å². The average molecular weight is 486 g/mol. The largest absolute Gasteiger partial charge is 0.352 e. The van der Waals surface area contributed by atoms with Crippen LogP contribution in [-0.2, 0) is 0 Å². The van der Waals surface area contributed by atoms with Crippen molar-refractivity contribution in [3.63, 3.8) is 0 Å². The number of pyridine rings is 4. The molecule has 6 heterocycles. The number of hydrogen-bond donors (Lipinski definition) is 1. The van der Waals surface area contributed by atoms with Gasteiger partial charge in [-0.25, -0.2) is 19.9 Å². The highest BCUT2D eigenvalue weighted by Gasteiger charge is 2.18. The van der Waals surface area contributed by atoms with Gasteiger partial charge in [-0.05, 0) is 47.5 Å². The van der Waals surface area contributed by atoms with Crippen molar-refractivity contribution in [2.45, 2.75) is 6.42 Å². The van der Waals surface area contributed by atoms with Crippen molar-refractivity contribution in [1.82, 2.24) is 24.9 Å². The number of nitrogens with one attached hydrogen (secondary N) is 1. The van der Waals surface area contributed by atoms with Crippen molar-refractivity contribution >= 4 is 54.8 Å². The molecule has 0 unspecified atom stereocenters. The van der Waals surface area contributed by atoms with Crippen molar-refractivity contribution < 1.29 is 0 Å². The molecule has 1 aliphatic carbocycles. The molecule has 1 N–H and O–H groups in total. The number of aromatic amines is 1. The fourth-order valence-electron chi connectivity index (χ4n) is 5.76. The summed E-state index contributed by atoms with van der Waals surface area (Å²) in [5, 5.41) is 4.32. The zero-order chi connectivity index (χ0) is 24.8. The van der Waals surface area contributed by atoms with Crippen molar-refractivity contribution in [2.75, 3.05) is 0 Å². The van der Waals surface area contributed by atoms with Crippen molar-refractivity contribution in [2.24, 2.45) is 0 Å². The molecule has 12 bridgehead atoms. The van der Waals surface area contributed by atoms with Gasteiger partial charge in [0.25, 0.3) is 0 Å². The number of allylic oxidation sites excluding steroid dienone is 4. The van der Waals surface area contributed by atoms with Gasteiger partial charge in [-0.15, -0.1) is 0 Å². The molecular formula is C33H19N5. The second-order valence-corrected chi connectivity index (χ2v) is 10.1. The van der Waals surface area contributed by atoms with Crippen molar-refractivity contribution in [3.05, 3.63) is 108 Å². The van der Waals surface area contributed by atoms with Crippen molar-refractivity contribution in [1.29, 1.82) is 0 Å². The van der Waals surface area contributed by atoms with Gasteiger partial charge in [-0.3, -0.25) is 0 Å². The highest BCUT2D eigenvalue weighted by atomic mass is 14.8. The number of hydrogen-bond acceptors (Lipinski definition) is 4. The molecule has 0 saturated carbocycles. The molecule has 1 aliphatic heterocycles. The Morgan fingerprint density at radius 3 is 1.16 bits per heavy atom. The molecule has 5 nitrogen and oxygen atoms in total. The van der Waals surface area contributed by atoms with Gasteiger partial charge in [0.2, 0.25) is 0 Å². The van der Waals surface area contributed by atoms with Crippen LogP contribution in [-0.4, -0.2) is 24.9 Å². The summed E-state index contributed by atoms with van der Waals surface area (Å²) < 4.78 is 0. The third-order valence-electron chi connectivity index (χ3n) is 7.80. The lowest BCUT2D eigenvalue weighted by Gasteiger charge is -2.10. The second-order valence-electron chi connectivity index (χ2n) is 10.1. The number of nitrogens with zero attached hydrogens (tertiary/aromatic N) is 4. The Morgan fingerprint density at radius 1 is 0.395 bits per heavy atom. The van der Waals surface area contributed by atoms with Crippen LogP contribution in [0.2, 0.25) is 0 Å². The van der Waals surface area contributed by atoms with Crippen LogP contribution in [0.15, 0.2) is 97.1 Å². The fourth-order valence-corrected chi connectivity index (χ4v) is 5.76. The van der Waals surface area contributed by atoms with E-state index in [1.54, 1.807) is 0 Å². The van der Waals surface area contributed by atoms with E-state index in [1.807, 2.05) is 0 Å². The third-order valence-corrected chi connectivity index (χ3v) is 7.80. The normalized spacial score (nSPS) is 14.0. The molecule has 0 spiro atoms. The Balaban J connectivity index is 1.36. The molecule has 38 heavy (non-hydrogen) atoms. The Hall–Kier alpha value is -5.16. The van der Waals surface area contributed by atoms with E-state index in [0.29, 0.717) is 0 Å². The van der Waals surface area contributed by atoms with Gasteiger partial charge in [0.1, 0.15) is 0 Å². The average Bonchev–Trinajstić information content (AvgIpc) is 3.67. The summed E-state index contributed by atoms with van der Waals surface area (Å²) in [5.74, 6) is 0. The lowest BCUT2D eigenvalue weighted by atomic mass is 10.0. The van der Waals surface area contributed by atoms with Gasteiger partial charge in [-0.2, -0.15) is 0 Å². The summed E-state index contributed by atoms with van der Waals surface area (Å²) in [5.41, 5.74) is 11.6. The molecule has 2 aromatic carbocycles. The maximum Gasteiger partial charge on any atom is 0.0973 e. The maximum absolute atomic E-state index is 5.14. The van der Waals surface area contributed by atoms with Crippen LogP contribution in [0, 0.1) is 0 Å². The summed E-state index contributed by atoms with van der Waals surface area (Å²) in [4.78, 5) is 24.0. The van der Waals surface area contributed by atoms with E-state index in [1.165, 1.54) is 11.1 Å². The quantitative estimate of drug-likeness (QED) is 0.223. The number of H-pyrrole nitrogens is 1. The van der Waals surface area contributed by atoms with Crippen molar-refractivity contribution in [3.8, 4) is 22.8 Å². The van der Waals surface area contributed by atoms with Gasteiger partial charge < -0.3 is 4.98 Å². The SMILES string of the molecule is C1=C2CC(=C1)c1ccc3ccc4ccc(nc4c3n1)-c1ccc([nH]1)-c1ccc3ccc4ccc2nc4c3n1. The first-order chi connectivity index (χ1) is 18.8. The predicted molar refractivity (Wildman–Crippen MR) is 153 cm³/mol. The molecular weight excluding hydrogens is 466 g/mol. The first-order valence-corrected chi connectivity index (χ1v) is 12.8. The second kappa shape index (κ2) is 7.20. The van der Waals surface area contributed by atoms with Crippen LogP contribution in [0.5, 0.6) is 0 Å². The number of rotatable bonds is 0. The van der Waals surface area contributed by atoms with Gasteiger partial charge in [0.05, 0.1) is 56.2 Å². The molecule has 176 valence electrons. The molecule has 0 radical (unpaired) electrons. The highest BCUT2D eigenvalue weighted by Crippen LogP contribution is 2.36. The van der Waals surface area contributed by atoms with Crippen LogP contribution in [0.4, 0.5) is 0 Å². The van der Waals surface area contributed by atoms with E-state index in [-0.39, 0.29) is 0 Å². The molecule has 7 aromatic rings. The fraction of sp³-hybridized carbons (Fsp3) is 0.0303. The number of aromatic nitrogens is 5. The minimum Gasteiger partial charge on any atom is -0.352 e.